The smallest absolute Gasteiger partial charge is 0.331 e. The number of rotatable bonds is 3. The number of aromatic nitrogens is 6. The third-order valence-electron chi connectivity index (χ3n) is 3.46. The van der Waals surface area contributed by atoms with Crippen LogP contribution in [0.5, 0.6) is 0 Å². The van der Waals surface area contributed by atoms with Crippen molar-refractivity contribution in [3.63, 3.8) is 0 Å². The lowest BCUT2D eigenvalue weighted by atomic mass is 9.77. The summed E-state index contributed by atoms with van der Waals surface area (Å²) in [4.78, 5) is 19.8. The summed E-state index contributed by atoms with van der Waals surface area (Å²) >= 11 is 0. The highest BCUT2D eigenvalue weighted by atomic mass is 16.4. The number of hydrogen-bond donors (Lipinski definition) is 1. The second kappa shape index (κ2) is 4.08. The second-order valence-corrected chi connectivity index (χ2v) is 4.65. The fourth-order valence-corrected chi connectivity index (χ4v) is 2.17. The van der Waals surface area contributed by atoms with E-state index in [0.29, 0.717) is 24.4 Å². The zero-order chi connectivity index (χ0) is 13.5. The van der Waals surface area contributed by atoms with E-state index in [1.807, 2.05) is 6.92 Å². The van der Waals surface area contributed by atoms with Gasteiger partial charge in [0.2, 0.25) is 5.82 Å². The van der Waals surface area contributed by atoms with Crippen molar-refractivity contribution in [1.29, 1.82) is 0 Å². The van der Waals surface area contributed by atoms with E-state index in [2.05, 4.69) is 25.5 Å². The maximum absolute atomic E-state index is 11.5. The minimum absolute atomic E-state index is 0.342. The van der Waals surface area contributed by atoms with E-state index < -0.39 is 11.5 Å². The normalized spacial score (nSPS) is 16.9. The number of tetrazole rings is 1. The molecule has 2 aromatic rings. The Morgan fingerprint density at radius 1 is 1.37 bits per heavy atom. The predicted molar refractivity (Wildman–Crippen MR) is 63.0 cm³/mol. The molecule has 0 aromatic carbocycles. The number of carboxylic acids is 1. The van der Waals surface area contributed by atoms with Crippen molar-refractivity contribution in [3.05, 3.63) is 18.1 Å². The predicted octanol–water partition coefficient (Wildman–Crippen LogP) is 0.402. The maximum Gasteiger partial charge on any atom is 0.331 e. The molecule has 0 saturated heterocycles. The summed E-state index contributed by atoms with van der Waals surface area (Å²) in [6.07, 6.45) is 5.05. The van der Waals surface area contributed by atoms with Gasteiger partial charge < -0.3 is 5.11 Å². The van der Waals surface area contributed by atoms with E-state index in [-0.39, 0.29) is 0 Å². The van der Waals surface area contributed by atoms with Crippen LogP contribution in [0.2, 0.25) is 0 Å². The van der Waals surface area contributed by atoms with E-state index in [0.717, 1.165) is 12.1 Å². The van der Waals surface area contributed by atoms with Gasteiger partial charge in [-0.3, -0.25) is 4.98 Å². The van der Waals surface area contributed by atoms with Gasteiger partial charge in [0.25, 0.3) is 0 Å². The molecule has 0 spiro atoms. The van der Waals surface area contributed by atoms with Crippen LogP contribution in [-0.2, 0) is 10.3 Å². The molecule has 8 heteroatoms. The van der Waals surface area contributed by atoms with Gasteiger partial charge in [-0.25, -0.2) is 14.5 Å². The lowest BCUT2D eigenvalue weighted by Crippen LogP contribution is -2.48. The van der Waals surface area contributed by atoms with Crippen molar-refractivity contribution in [3.8, 4) is 11.5 Å². The first-order valence-corrected chi connectivity index (χ1v) is 5.95. The average molecular weight is 260 g/mol. The molecule has 1 saturated carbocycles. The van der Waals surface area contributed by atoms with Crippen LogP contribution >= 0.6 is 0 Å². The number of aryl methyl sites for hydroxylation is 1. The Kier molecular flexibility index (Phi) is 2.51. The third-order valence-corrected chi connectivity index (χ3v) is 3.46. The number of carbonyl (C=O) groups is 1. The summed E-state index contributed by atoms with van der Waals surface area (Å²) in [5.41, 5.74) is 0.216. The van der Waals surface area contributed by atoms with Gasteiger partial charge >= 0.3 is 5.97 Å². The van der Waals surface area contributed by atoms with Gasteiger partial charge in [0.1, 0.15) is 5.69 Å². The molecule has 3 rings (SSSR count). The van der Waals surface area contributed by atoms with Crippen LogP contribution in [-0.4, -0.2) is 41.3 Å². The zero-order valence-corrected chi connectivity index (χ0v) is 10.3. The zero-order valence-electron chi connectivity index (χ0n) is 10.3. The van der Waals surface area contributed by atoms with Crippen LogP contribution in [0.15, 0.2) is 12.4 Å². The molecule has 0 amide bonds. The van der Waals surface area contributed by atoms with Crippen molar-refractivity contribution < 1.29 is 9.90 Å². The Labute approximate surface area is 108 Å². The van der Waals surface area contributed by atoms with Gasteiger partial charge in [0.05, 0.1) is 11.9 Å². The fraction of sp³-hybridized carbons (Fsp3) is 0.455. The highest BCUT2D eigenvalue weighted by Crippen LogP contribution is 2.40. The molecular weight excluding hydrogens is 248 g/mol. The minimum Gasteiger partial charge on any atom is -0.479 e. The molecule has 1 N–H and O–H groups in total. The number of aliphatic carboxylic acids is 1. The van der Waals surface area contributed by atoms with Crippen LogP contribution in [0.25, 0.3) is 11.5 Å². The van der Waals surface area contributed by atoms with Crippen molar-refractivity contribution in [2.24, 2.45) is 0 Å². The first-order valence-electron chi connectivity index (χ1n) is 5.95. The van der Waals surface area contributed by atoms with E-state index in [9.17, 15) is 9.90 Å². The Morgan fingerprint density at radius 2 is 2.16 bits per heavy atom. The van der Waals surface area contributed by atoms with Crippen molar-refractivity contribution in [2.45, 2.75) is 31.7 Å². The maximum atomic E-state index is 11.5. The Hall–Kier alpha value is -2.38. The van der Waals surface area contributed by atoms with Gasteiger partial charge in [-0.2, -0.15) is 0 Å². The molecule has 19 heavy (non-hydrogen) atoms. The molecule has 2 aromatic heterocycles. The van der Waals surface area contributed by atoms with Crippen LogP contribution in [0.3, 0.4) is 0 Å². The van der Waals surface area contributed by atoms with Gasteiger partial charge in [-0.1, -0.05) is 0 Å². The largest absolute Gasteiger partial charge is 0.479 e. The average Bonchev–Trinajstić information content (AvgIpc) is 2.77. The first-order chi connectivity index (χ1) is 9.13. The quantitative estimate of drug-likeness (QED) is 0.851. The molecule has 0 aliphatic heterocycles. The number of carboxylic acid groups (broad SMARTS) is 1. The summed E-state index contributed by atoms with van der Waals surface area (Å²) in [5, 5.41) is 20.7. The first kappa shape index (κ1) is 11.7. The molecule has 0 unspecified atom stereocenters. The summed E-state index contributed by atoms with van der Waals surface area (Å²) < 4.78 is 1.36. The van der Waals surface area contributed by atoms with Crippen LogP contribution in [0.1, 0.15) is 25.0 Å². The SMILES string of the molecule is Cc1cnc(-c2nnnn2C2(C(=O)O)CCC2)cn1. The summed E-state index contributed by atoms with van der Waals surface area (Å²) in [6.45, 7) is 1.82. The van der Waals surface area contributed by atoms with Crippen molar-refractivity contribution >= 4 is 5.97 Å². The Bertz CT molecular complexity index is 616. The molecule has 8 nitrogen and oxygen atoms in total. The van der Waals surface area contributed by atoms with Crippen molar-refractivity contribution in [2.75, 3.05) is 0 Å². The summed E-state index contributed by atoms with van der Waals surface area (Å²) in [6, 6.07) is 0. The molecule has 1 aliphatic carbocycles. The monoisotopic (exact) mass is 260 g/mol. The van der Waals surface area contributed by atoms with Gasteiger partial charge in [0.15, 0.2) is 5.54 Å². The molecular formula is C11H12N6O2. The lowest BCUT2D eigenvalue weighted by molar-refractivity contribution is -0.153. The fourth-order valence-electron chi connectivity index (χ4n) is 2.17. The third kappa shape index (κ3) is 1.67. The van der Waals surface area contributed by atoms with E-state index in [1.54, 1.807) is 12.4 Å². The Balaban J connectivity index is 2.08. The second-order valence-electron chi connectivity index (χ2n) is 4.65. The van der Waals surface area contributed by atoms with Crippen LogP contribution in [0, 0.1) is 6.92 Å². The van der Waals surface area contributed by atoms with E-state index in [1.165, 1.54) is 4.68 Å². The molecule has 0 atom stereocenters. The number of hydrogen-bond acceptors (Lipinski definition) is 6. The standard InChI is InChI=1S/C11H12N6O2/c1-7-5-13-8(6-12-7)9-14-15-16-17(9)11(10(18)19)3-2-4-11/h5-6H,2-4H2,1H3,(H,18,19). The lowest BCUT2D eigenvalue weighted by Gasteiger charge is -2.37. The van der Waals surface area contributed by atoms with Gasteiger partial charge in [-0.05, 0) is 36.6 Å². The molecule has 1 fully saturated rings. The van der Waals surface area contributed by atoms with Crippen molar-refractivity contribution in [1.82, 2.24) is 30.2 Å². The highest BCUT2D eigenvalue weighted by Gasteiger charge is 2.49. The molecule has 1 aliphatic rings. The molecule has 0 radical (unpaired) electrons. The summed E-state index contributed by atoms with van der Waals surface area (Å²) in [5.74, 6) is -0.568. The van der Waals surface area contributed by atoms with Crippen LogP contribution < -0.4 is 0 Å². The highest BCUT2D eigenvalue weighted by molar-refractivity contribution is 5.78. The minimum atomic E-state index is -1.04. The molecule has 2 heterocycles. The number of nitrogens with zero attached hydrogens (tertiary/aromatic N) is 6. The van der Waals surface area contributed by atoms with E-state index >= 15 is 0 Å². The van der Waals surface area contributed by atoms with E-state index in [4.69, 9.17) is 0 Å². The Morgan fingerprint density at radius 3 is 2.68 bits per heavy atom. The van der Waals surface area contributed by atoms with Crippen LogP contribution in [0.4, 0.5) is 0 Å². The van der Waals surface area contributed by atoms with Gasteiger partial charge in [-0.15, -0.1) is 5.10 Å². The molecule has 98 valence electrons. The van der Waals surface area contributed by atoms with Gasteiger partial charge in [0, 0.05) is 6.20 Å². The summed E-state index contributed by atoms with van der Waals surface area (Å²) in [7, 11) is 0. The topological polar surface area (TPSA) is 107 Å². The molecule has 0 bridgehead atoms.